The average molecular weight is 373 g/mol. The summed E-state index contributed by atoms with van der Waals surface area (Å²) in [5, 5.41) is 9.45. The maximum Gasteiger partial charge on any atom is 0.321 e. The van der Waals surface area contributed by atoms with E-state index in [1.54, 1.807) is 4.90 Å². The summed E-state index contributed by atoms with van der Waals surface area (Å²) in [5.41, 5.74) is 1.91. The van der Waals surface area contributed by atoms with Gasteiger partial charge in [0.25, 0.3) is 0 Å². The summed E-state index contributed by atoms with van der Waals surface area (Å²) in [6.45, 7) is 6.11. The number of anilines is 1. The fourth-order valence-corrected chi connectivity index (χ4v) is 4.02. The molecule has 0 aromatic heterocycles. The number of benzene rings is 1. The van der Waals surface area contributed by atoms with Gasteiger partial charge in [-0.25, -0.2) is 4.79 Å². The van der Waals surface area contributed by atoms with Gasteiger partial charge >= 0.3 is 6.03 Å². The number of piperidine rings is 2. The summed E-state index contributed by atoms with van der Waals surface area (Å²) >= 11 is 0. The first-order valence-electron chi connectivity index (χ1n) is 10.2. The average Bonchev–Trinajstić information content (AvgIpc) is 2.69. The van der Waals surface area contributed by atoms with Gasteiger partial charge in [-0.05, 0) is 75.7 Å². The molecule has 2 aliphatic heterocycles. The molecule has 0 radical (unpaired) electrons. The van der Waals surface area contributed by atoms with Crippen molar-refractivity contribution in [1.29, 1.82) is 0 Å². The Labute approximate surface area is 162 Å². The molecule has 2 fully saturated rings. The lowest BCUT2D eigenvalue weighted by Crippen LogP contribution is -2.47. The molecule has 2 aliphatic rings. The third kappa shape index (κ3) is 5.96. The standard InChI is InChI=1S/C21H32N4O2/c1-16-5-2-8-19(13-16)24-21(27)25-12-4-7-18(15-25)20(26)23-11-9-17-6-3-10-22-14-17/h2,5,8,13,17-18,22H,3-4,6-7,9-12,14-15H2,1H3,(H,23,26)(H,24,27). The van der Waals surface area contributed by atoms with Crippen LogP contribution in [0.3, 0.4) is 0 Å². The second kappa shape index (κ2) is 9.74. The highest BCUT2D eigenvalue weighted by Gasteiger charge is 2.28. The molecule has 0 spiro atoms. The van der Waals surface area contributed by atoms with E-state index in [0.717, 1.165) is 50.1 Å². The molecule has 0 bridgehead atoms. The smallest absolute Gasteiger partial charge is 0.321 e. The summed E-state index contributed by atoms with van der Waals surface area (Å²) in [7, 11) is 0. The van der Waals surface area contributed by atoms with Crippen LogP contribution < -0.4 is 16.0 Å². The van der Waals surface area contributed by atoms with E-state index in [0.29, 0.717) is 19.0 Å². The van der Waals surface area contributed by atoms with Gasteiger partial charge in [0.2, 0.25) is 5.91 Å². The van der Waals surface area contributed by atoms with Crippen molar-refractivity contribution in [1.82, 2.24) is 15.5 Å². The van der Waals surface area contributed by atoms with Crippen LogP contribution in [0.5, 0.6) is 0 Å². The third-order valence-electron chi connectivity index (χ3n) is 5.60. The second-order valence-corrected chi connectivity index (χ2v) is 7.88. The molecule has 27 heavy (non-hydrogen) atoms. The van der Waals surface area contributed by atoms with Crippen molar-refractivity contribution in [2.24, 2.45) is 11.8 Å². The molecule has 3 N–H and O–H groups in total. The molecule has 2 atom stereocenters. The van der Waals surface area contributed by atoms with E-state index in [1.165, 1.54) is 12.8 Å². The molecule has 0 aliphatic carbocycles. The lowest BCUT2D eigenvalue weighted by atomic mass is 9.95. The van der Waals surface area contributed by atoms with Crippen molar-refractivity contribution in [3.63, 3.8) is 0 Å². The van der Waals surface area contributed by atoms with Crippen LogP contribution in [-0.4, -0.2) is 49.6 Å². The molecule has 1 aromatic rings. The first-order chi connectivity index (χ1) is 13.1. The maximum absolute atomic E-state index is 12.5. The van der Waals surface area contributed by atoms with Crippen LogP contribution >= 0.6 is 0 Å². The molecule has 0 saturated carbocycles. The molecular weight excluding hydrogens is 340 g/mol. The van der Waals surface area contributed by atoms with E-state index in [4.69, 9.17) is 0 Å². The first kappa shape index (κ1) is 19.7. The number of nitrogens with one attached hydrogen (secondary N) is 3. The second-order valence-electron chi connectivity index (χ2n) is 7.88. The van der Waals surface area contributed by atoms with Gasteiger partial charge in [0.15, 0.2) is 0 Å². The zero-order chi connectivity index (χ0) is 19.1. The van der Waals surface area contributed by atoms with Gasteiger partial charge in [-0.1, -0.05) is 12.1 Å². The zero-order valence-electron chi connectivity index (χ0n) is 16.3. The number of likely N-dealkylation sites (tertiary alicyclic amines) is 1. The number of aryl methyl sites for hydroxylation is 1. The number of rotatable bonds is 5. The Bertz CT molecular complexity index is 643. The maximum atomic E-state index is 12.5. The van der Waals surface area contributed by atoms with Crippen molar-refractivity contribution in [3.8, 4) is 0 Å². The monoisotopic (exact) mass is 372 g/mol. The molecule has 1 aromatic carbocycles. The Morgan fingerprint density at radius 2 is 2.15 bits per heavy atom. The summed E-state index contributed by atoms with van der Waals surface area (Å²) in [6.07, 6.45) is 5.23. The first-order valence-corrected chi connectivity index (χ1v) is 10.2. The Balaban J connectivity index is 1.43. The van der Waals surface area contributed by atoms with E-state index in [-0.39, 0.29) is 17.9 Å². The van der Waals surface area contributed by atoms with Crippen LogP contribution in [0.2, 0.25) is 0 Å². The zero-order valence-corrected chi connectivity index (χ0v) is 16.3. The Morgan fingerprint density at radius 1 is 1.26 bits per heavy atom. The molecular formula is C21H32N4O2. The molecule has 6 heteroatoms. The number of carbonyl (C=O) groups is 2. The van der Waals surface area contributed by atoms with Gasteiger partial charge in [0.1, 0.15) is 0 Å². The van der Waals surface area contributed by atoms with Crippen molar-refractivity contribution in [2.45, 2.75) is 39.0 Å². The lowest BCUT2D eigenvalue weighted by Gasteiger charge is -2.32. The molecule has 6 nitrogen and oxygen atoms in total. The van der Waals surface area contributed by atoms with Crippen molar-refractivity contribution in [2.75, 3.05) is 38.0 Å². The van der Waals surface area contributed by atoms with Crippen LogP contribution in [-0.2, 0) is 4.79 Å². The van der Waals surface area contributed by atoms with Crippen LogP contribution in [0.4, 0.5) is 10.5 Å². The Morgan fingerprint density at radius 3 is 2.93 bits per heavy atom. The number of hydrogen-bond donors (Lipinski definition) is 3. The van der Waals surface area contributed by atoms with Crippen molar-refractivity contribution < 1.29 is 9.59 Å². The van der Waals surface area contributed by atoms with E-state index in [1.807, 2.05) is 31.2 Å². The molecule has 2 heterocycles. The normalized spacial score (nSPS) is 22.9. The molecule has 2 unspecified atom stereocenters. The van der Waals surface area contributed by atoms with E-state index >= 15 is 0 Å². The van der Waals surface area contributed by atoms with Gasteiger partial charge in [-0.2, -0.15) is 0 Å². The van der Waals surface area contributed by atoms with Crippen molar-refractivity contribution in [3.05, 3.63) is 29.8 Å². The van der Waals surface area contributed by atoms with Crippen LogP contribution in [0.25, 0.3) is 0 Å². The predicted molar refractivity (Wildman–Crippen MR) is 108 cm³/mol. The molecule has 3 amide bonds. The van der Waals surface area contributed by atoms with Crippen LogP contribution in [0.1, 0.15) is 37.7 Å². The van der Waals surface area contributed by atoms with Gasteiger partial charge in [0, 0.05) is 25.3 Å². The summed E-state index contributed by atoms with van der Waals surface area (Å²) < 4.78 is 0. The number of amides is 3. The molecule has 3 rings (SSSR count). The number of nitrogens with zero attached hydrogens (tertiary/aromatic N) is 1. The summed E-state index contributed by atoms with van der Waals surface area (Å²) in [5.74, 6) is 0.653. The molecule has 148 valence electrons. The predicted octanol–water partition coefficient (Wildman–Crippen LogP) is 2.74. The minimum atomic E-state index is -0.119. The lowest BCUT2D eigenvalue weighted by molar-refractivity contribution is -0.126. The van der Waals surface area contributed by atoms with Crippen LogP contribution in [0.15, 0.2) is 24.3 Å². The van der Waals surface area contributed by atoms with Gasteiger partial charge < -0.3 is 20.9 Å². The SMILES string of the molecule is Cc1cccc(NC(=O)N2CCCC(C(=O)NCCC3CCCNC3)C2)c1. The van der Waals surface area contributed by atoms with E-state index in [9.17, 15) is 9.59 Å². The third-order valence-corrected chi connectivity index (χ3v) is 5.60. The number of urea groups is 1. The molecule has 2 saturated heterocycles. The minimum absolute atomic E-state index is 0.0897. The van der Waals surface area contributed by atoms with Gasteiger partial charge in [-0.3, -0.25) is 4.79 Å². The number of hydrogen-bond acceptors (Lipinski definition) is 3. The quantitative estimate of drug-likeness (QED) is 0.744. The Hall–Kier alpha value is -2.08. The van der Waals surface area contributed by atoms with Crippen LogP contribution in [0, 0.1) is 18.8 Å². The fraction of sp³-hybridized carbons (Fsp3) is 0.619. The largest absolute Gasteiger partial charge is 0.356 e. The highest BCUT2D eigenvalue weighted by molar-refractivity contribution is 5.90. The minimum Gasteiger partial charge on any atom is -0.356 e. The number of carbonyl (C=O) groups excluding carboxylic acids is 2. The van der Waals surface area contributed by atoms with Gasteiger partial charge in [0.05, 0.1) is 5.92 Å². The van der Waals surface area contributed by atoms with E-state index < -0.39 is 0 Å². The highest BCUT2D eigenvalue weighted by Crippen LogP contribution is 2.19. The van der Waals surface area contributed by atoms with Gasteiger partial charge in [-0.15, -0.1) is 0 Å². The van der Waals surface area contributed by atoms with E-state index in [2.05, 4.69) is 16.0 Å². The summed E-state index contributed by atoms with van der Waals surface area (Å²) in [4.78, 5) is 26.8. The summed E-state index contributed by atoms with van der Waals surface area (Å²) in [6, 6.07) is 7.65. The fourth-order valence-electron chi connectivity index (χ4n) is 4.02. The Kier molecular flexibility index (Phi) is 7.10. The van der Waals surface area contributed by atoms with Crippen molar-refractivity contribution >= 4 is 17.6 Å². The highest BCUT2D eigenvalue weighted by atomic mass is 16.2. The topological polar surface area (TPSA) is 73.5 Å².